The fourth-order valence-electron chi connectivity index (χ4n) is 2.00. The van der Waals surface area contributed by atoms with Crippen LogP contribution in [0, 0.1) is 6.92 Å². The van der Waals surface area contributed by atoms with Gasteiger partial charge in [-0.15, -0.1) is 0 Å². The first-order valence-corrected chi connectivity index (χ1v) is 7.07. The van der Waals surface area contributed by atoms with E-state index in [0.29, 0.717) is 12.1 Å². The maximum absolute atomic E-state index is 11.7. The van der Waals surface area contributed by atoms with Gasteiger partial charge in [0.25, 0.3) is 0 Å². The molecule has 20 heavy (non-hydrogen) atoms. The van der Waals surface area contributed by atoms with Crippen LogP contribution in [-0.4, -0.2) is 13.1 Å². The highest BCUT2D eigenvalue weighted by atomic mass is 79.9. The number of nitrogens with one attached hydrogen (secondary N) is 1. The molecule has 0 heterocycles. The van der Waals surface area contributed by atoms with Crippen LogP contribution in [0.3, 0.4) is 0 Å². The average molecular weight is 334 g/mol. The number of carbonyl (C=O) groups is 1. The number of esters is 1. The van der Waals surface area contributed by atoms with Gasteiger partial charge in [0.1, 0.15) is 0 Å². The first kappa shape index (κ1) is 14.6. The molecule has 0 aromatic heterocycles. The predicted molar refractivity (Wildman–Crippen MR) is 84.0 cm³/mol. The molecule has 0 spiro atoms. The molecule has 0 saturated heterocycles. The topological polar surface area (TPSA) is 38.3 Å². The summed E-state index contributed by atoms with van der Waals surface area (Å²) in [4.78, 5) is 11.7. The number of anilines is 1. The van der Waals surface area contributed by atoms with Gasteiger partial charge in [0.05, 0.1) is 12.7 Å². The van der Waals surface area contributed by atoms with Crippen molar-refractivity contribution in [3.05, 3.63) is 63.6 Å². The molecule has 0 atom stereocenters. The van der Waals surface area contributed by atoms with Crippen molar-refractivity contribution in [2.45, 2.75) is 13.5 Å². The Hall–Kier alpha value is -1.81. The minimum absolute atomic E-state index is 0.310. The second-order valence-electron chi connectivity index (χ2n) is 4.46. The van der Waals surface area contributed by atoms with E-state index in [1.54, 1.807) is 6.07 Å². The van der Waals surface area contributed by atoms with Crippen molar-refractivity contribution < 1.29 is 9.53 Å². The molecule has 1 N–H and O–H groups in total. The summed E-state index contributed by atoms with van der Waals surface area (Å²) >= 11 is 3.44. The lowest BCUT2D eigenvalue weighted by atomic mass is 10.1. The van der Waals surface area contributed by atoms with Gasteiger partial charge >= 0.3 is 5.97 Å². The van der Waals surface area contributed by atoms with E-state index >= 15 is 0 Å². The highest BCUT2D eigenvalue weighted by Gasteiger charge is 2.10. The van der Waals surface area contributed by atoms with E-state index < -0.39 is 0 Å². The fourth-order valence-corrected chi connectivity index (χ4v) is 2.47. The van der Waals surface area contributed by atoms with E-state index in [1.165, 1.54) is 7.11 Å². The molecule has 0 unspecified atom stereocenters. The molecule has 0 aliphatic rings. The van der Waals surface area contributed by atoms with Gasteiger partial charge in [-0.1, -0.05) is 34.1 Å². The van der Waals surface area contributed by atoms with Gasteiger partial charge < -0.3 is 10.1 Å². The first-order chi connectivity index (χ1) is 9.61. The monoisotopic (exact) mass is 333 g/mol. The Morgan fingerprint density at radius 1 is 1.25 bits per heavy atom. The van der Waals surface area contributed by atoms with Crippen molar-refractivity contribution in [2.75, 3.05) is 12.4 Å². The zero-order valence-corrected chi connectivity index (χ0v) is 13.0. The summed E-state index contributed by atoms with van der Waals surface area (Å²) in [5.74, 6) is -0.310. The minimum Gasteiger partial charge on any atom is -0.465 e. The highest BCUT2D eigenvalue weighted by Crippen LogP contribution is 2.21. The summed E-state index contributed by atoms with van der Waals surface area (Å²) in [6.07, 6.45) is 0. The Morgan fingerprint density at radius 3 is 2.70 bits per heavy atom. The summed E-state index contributed by atoms with van der Waals surface area (Å²) in [5, 5.41) is 3.35. The van der Waals surface area contributed by atoms with Crippen molar-refractivity contribution in [1.29, 1.82) is 0 Å². The number of ether oxygens (including phenoxy) is 1. The van der Waals surface area contributed by atoms with E-state index in [-0.39, 0.29) is 5.97 Å². The molecule has 3 nitrogen and oxygen atoms in total. The van der Waals surface area contributed by atoms with Gasteiger partial charge in [0.15, 0.2) is 0 Å². The summed E-state index contributed by atoms with van der Waals surface area (Å²) in [6.45, 7) is 2.62. The van der Waals surface area contributed by atoms with Gasteiger partial charge in [-0.3, -0.25) is 0 Å². The number of benzene rings is 2. The molecule has 2 aromatic carbocycles. The van der Waals surface area contributed by atoms with E-state index in [0.717, 1.165) is 21.3 Å². The van der Waals surface area contributed by atoms with Crippen molar-refractivity contribution in [3.8, 4) is 0 Å². The third-order valence-corrected chi connectivity index (χ3v) is 3.57. The van der Waals surface area contributed by atoms with Crippen molar-refractivity contribution in [2.24, 2.45) is 0 Å². The maximum atomic E-state index is 11.7. The molecule has 0 saturated carbocycles. The molecule has 0 amide bonds. The number of rotatable bonds is 4. The number of hydrogen-bond acceptors (Lipinski definition) is 3. The van der Waals surface area contributed by atoms with Crippen LogP contribution in [0.4, 0.5) is 5.69 Å². The summed E-state index contributed by atoms with van der Waals surface area (Å²) in [7, 11) is 1.39. The van der Waals surface area contributed by atoms with E-state index in [4.69, 9.17) is 4.74 Å². The third-order valence-electron chi connectivity index (χ3n) is 3.08. The molecular weight excluding hydrogens is 318 g/mol. The van der Waals surface area contributed by atoms with Crippen molar-refractivity contribution >= 4 is 27.6 Å². The number of aryl methyl sites for hydroxylation is 1. The molecular formula is C16H16BrNO2. The maximum Gasteiger partial charge on any atom is 0.338 e. The molecule has 2 rings (SSSR count). The molecule has 2 aromatic rings. The molecule has 104 valence electrons. The molecule has 0 aliphatic carbocycles. The van der Waals surface area contributed by atoms with E-state index in [9.17, 15) is 4.79 Å². The molecule has 0 aliphatic heterocycles. The van der Waals surface area contributed by atoms with Gasteiger partial charge in [0, 0.05) is 16.7 Å². The second-order valence-corrected chi connectivity index (χ2v) is 5.38. The Morgan fingerprint density at radius 2 is 2.00 bits per heavy atom. The van der Waals surface area contributed by atoms with Gasteiger partial charge in [-0.25, -0.2) is 4.79 Å². The van der Waals surface area contributed by atoms with E-state index in [2.05, 4.69) is 27.3 Å². The molecule has 0 radical (unpaired) electrons. The molecule has 0 fully saturated rings. The van der Waals surface area contributed by atoms with Gasteiger partial charge in [-0.2, -0.15) is 0 Å². The van der Waals surface area contributed by atoms with E-state index in [1.807, 2.05) is 37.3 Å². The van der Waals surface area contributed by atoms with Gasteiger partial charge in [-0.05, 0) is 42.3 Å². The summed E-state index contributed by atoms with van der Waals surface area (Å²) < 4.78 is 5.85. The summed E-state index contributed by atoms with van der Waals surface area (Å²) in [5.41, 5.74) is 3.71. The minimum atomic E-state index is -0.310. The highest BCUT2D eigenvalue weighted by molar-refractivity contribution is 9.10. The second kappa shape index (κ2) is 6.57. The number of halogens is 1. The van der Waals surface area contributed by atoms with Crippen LogP contribution in [0.15, 0.2) is 46.9 Å². The Bertz CT molecular complexity index is 626. The van der Waals surface area contributed by atoms with Crippen LogP contribution >= 0.6 is 15.9 Å². The standard InChI is InChI=1S/C16H16BrNO2/c1-11-9-13(17)7-8-15(11)18-10-12-5-3-4-6-14(12)16(19)20-2/h3-9,18H,10H2,1-2H3. The van der Waals surface area contributed by atoms with Crippen LogP contribution in [0.1, 0.15) is 21.5 Å². The van der Waals surface area contributed by atoms with Crippen molar-refractivity contribution in [3.63, 3.8) is 0 Å². The van der Waals surface area contributed by atoms with Crippen molar-refractivity contribution in [1.82, 2.24) is 0 Å². The Kier molecular flexibility index (Phi) is 4.79. The normalized spacial score (nSPS) is 10.2. The lowest BCUT2D eigenvalue weighted by Crippen LogP contribution is -2.09. The van der Waals surface area contributed by atoms with Crippen LogP contribution in [0.5, 0.6) is 0 Å². The quantitative estimate of drug-likeness (QED) is 0.854. The number of carbonyl (C=O) groups excluding carboxylic acids is 1. The molecule has 0 bridgehead atoms. The third kappa shape index (κ3) is 3.39. The number of hydrogen-bond donors (Lipinski definition) is 1. The van der Waals surface area contributed by atoms with Crippen LogP contribution in [0.2, 0.25) is 0 Å². The lowest BCUT2D eigenvalue weighted by molar-refractivity contribution is 0.0599. The predicted octanol–water partition coefficient (Wildman–Crippen LogP) is 4.16. The summed E-state index contributed by atoms with van der Waals surface area (Å²) in [6, 6.07) is 13.5. The molecule has 4 heteroatoms. The SMILES string of the molecule is COC(=O)c1ccccc1CNc1ccc(Br)cc1C. The zero-order valence-electron chi connectivity index (χ0n) is 11.4. The van der Waals surface area contributed by atoms with Crippen LogP contribution in [-0.2, 0) is 11.3 Å². The Balaban J connectivity index is 2.17. The van der Waals surface area contributed by atoms with Crippen LogP contribution < -0.4 is 5.32 Å². The number of methoxy groups -OCH3 is 1. The fraction of sp³-hybridized carbons (Fsp3) is 0.188. The van der Waals surface area contributed by atoms with Crippen LogP contribution in [0.25, 0.3) is 0 Å². The average Bonchev–Trinajstić information content (AvgIpc) is 2.46. The Labute approximate surface area is 127 Å². The van der Waals surface area contributed by atoms with Gasteiger partial charge in [0.2, 0.25) is 0 Å². The lowest BCUT2D eigenvalue weighted by Gasteiger charge is -2.12. The zero-order chi connectivity index (χ0) is 14.5. The smallest absolute Gasteiger partial charge is 0.338 e. The largest absolute Gasteiger partial charge is 0.465 e. The first-order valence-electron chi connectivity index (χ1n) is 6.28.